The van der Waals surface area contributed by atoms with E-state index in [9.17, 15) is 4.79 Å². The first-order chi connectivity index (χ1) is 6.18. The number of rotatable bonds is 3. The van der Waals surface area contributed by atoms with Gasteiger partial charge in [-0.05, 0) is 25.5 Å². The molecule has 0 saturated carbocycles. The van der Waals surface area contributed by atoms with E-state index in [0.717, 1.165) is 5.56 Å². The minimum Gasteiger partial charge on any atom is -0.447 e. The van der Waals surface area contributed by atoms with E-state index in [1.807, 2.05) is 32.3 Å². The Labute approximate surface area is 77.3 Å². The Hall–Kier alpha value is -1.45. The summed E-state index contributed by atoms with van der Waals surface area (Å²) in [5.74, 6) is 0. The Bertz CT molecular complexity index is 255. The summed E-state index contributed by atoms with van der Waals surface area (Å²) >= 11 is 0. The Balaban J connectivity index is 2.23. The van der Waals surface area contributed by atoms with Gasteiger partial charge >= 0.3 is 6.09 Å². The second-order valence-corrected chi connectivity index (χ2v) is 3.03. The molecule has 0 atom stereocenters. The number of alkyl carbamates (subject to hydrolysis) is 1. The average molecular weight is 182 g/mol. The highest BCUT2D eigenvalue weighted by Crippen LogP contribution is 1.96. The van der Waals surface area contributed by atoms with Gasteiger partial charge in [0.2, 0.25) is 0 Å². The van der Waals surface area contributed by atoms with Crippen LogP contribution in [0.3, 0.4) is 0 Å². The third-order valence-electron chi connectivity index (χ3n) is 1.44. The van der Waals surface area contributed by atoms with Gasteiger partial charge in [0.25, 0.3) is 0 Å². The molecule has 0 unspecified atom stereocenters. The van der Waals surface area contributed by atoms with E-state index in [2.05, 4.69) is 10.3 Å². The summed E-state index contributed by atoms with van der Waals surface area (Å²) in [4.78, 5) is 13.9. The fourth-order valence-corrected chi connectivity index (χ4v) is 0.898. The van der Waals surface area contributed by atoms with E-state index in [0.29, 0.717) is 6.54 Å². The predicted octanol–water partition coefficient (Wildman–Crippen LogP) is 1.65. The summed E-state index contributed by atoms with van der Waals surface area (Å²) in [6, 6.07) is 1.90. The van der Waals surface area contributed by atoms with Crippen LogP contribution in [-0.2, 0) is 11.3 Å². The van der Waals surface area contributed by atoms with Gasteiger partial charge in [-0.2, -0.15) is 0 Å². The zero-order valence-corrected chi connectivity index (χ0v) is 7.83. The molecule has 1 rings (SSSR count). The molecule has 1 amide bonds. The number of aromatic amines is 1. The molecular formula is C9H14N2O2. The first-order valence-corrected chi connectivity index (χ1v) is 4.24. The highest BCUT2D eigenvalue weighted by molar-refractivity contribution is 5.67. The van der Waals surface area contributed by atoms with Crippen LogP contribution in [0.4, 0.5) is 4.79 Å². The molecule has 1 aromatic heterocycles. The van der Waals surface area contributed by atoms with Gasteiger partial charge in [-0.3, -0.25) is 0 Å². The standard InChI is InChI=1S/C9H14N2O2/c1-7(2)13-9(12)11-6-8-3-4-10-5-8/h3-5,7,10H,6H2,1-2H3,(H,11,12). The summed E-state index contributed by atoms with van der Waals surface area (Å²) in [6.45, 7) is 4.13. The van der Waals surface area contributed by atoms with Crippen LogP contribution in [0.5, 0.6) is 0 Å². The molecule has 0 aliphatic heterocycles. The van der Waals surface area contributed by atoms with E-state index >= 15 is 0 Å². The van der Waals surface area contributed by atoms with E-state index in [4.69, 9.17) is 4.74 Å². The molecule has 0 saturated heterocycles. The quantitative estimate of drug-likeness (QED) is 0.746. The number of amides is 1. The monoisotopic (exact) mass is 182 g/mol. The van der Waals surface area contributed by atoms with Crippen molar-refractivity contribution in [3.8, 4) is 0 Å². The van der Waals surface area contributed by atoms with Gasteiger partial charge in [-0.1, -0.05) is 0 Å². The number of carbonyl (C=O) groups is 1. The second kappa shape index (κ2) is 4.54. The van der Waals surface area contributed by atoms with Crippen molar-refractivity contribution in [3.63, 3.8) is 0 Å². The SMILES string of the molecule is CC(C)OC(=O)NCc1cc[nH]c1. The van der Waals surface area contributed by atoms with E-state index in [-0.39, 0.29) is 12.2 Å². The normalized spacial score (nSPS) is 10.1. The van der Waals surface area contributed by atoms with Gasteiger partial charge < -0.3 is 15.0 Å². The number of hydrogen-bond donors (Lipinski definition) is 2. The molecule has 0 fully saturated rings. The third-order valence-corrected chi connectivity index (χ3v) is 1.44. The minimum absolute atomic E-state index is 0.0776. The largest absolute Gasteiger partial charge is 0.447 e. The van der Waals surface area contributed by atoms with Crippen LogP contribution >= 0.6 is 0 Å². The Morgan fingerprint density at radius 2 is 2.46 bits per heavy atom. The number of nitrogens with one attached hydrogen (secondary N) is 2. The van der Waals surface area contributed by atoms with Crippen molar-refractivity contribution in [2.24, 2.45) is 0 Å². The van der Waals surface area contributed by atoms with Crippen LogP contribution in [0.25, 0.3) is 0 Å². The molecule has 0 aliphatic carbocycles. The molecule has 0 aromatic carbocycles. The van der Waals surface area contributed by atoms with Crippen LogP contribution in [0.2, 0.25) is 0 Å². The third kappa shape index (κ3) is 3.64. The number of ether oxygens (including phenoxy) is 1. The summed E-state index contributed by atoms with van der Waals surface area (Å²) < 4.78 is 4.89. The van der Waals surface area contributed by atoms with Gasteiger partial charge in [-0.15, -0.1) is 0 Å². The van der Waals surface area contributed by atoms with Gasteiger partial charge in [0.15, 0.2) is 0 Å². The van der Waals surface area contributed by atoms with Crippen molar-refractivity contribution in [2.45, 2.75) is 26.5 Å². The number of aromatic nitrogens is 1. The van der Waals surface area contributed by atoms with Gasteiger partial charge in [0, 0.05) is 18.9 Å². The molecule has 1 aromatic rings. The molecule has 2 N–H and O–H groups in total. The fourth-order valence-electron chi connectivity index (χ4n) is 0.898. The maximum atomic E-state index is 11.0. The van der Waals surface area contributed by atoms with Crippen molar-refractivity contribution >= 4 is 6.09 Å². The van der Waals surface area contributed by atoms with E-state index in [1.54, 1.807) is 0 Å². The van der Waals surface area contributed by atoms with E-state index < -0.39 is 0 Å². The lowest BCUT2D eigenvalue weighted by Gasteiger charge is -2.08. The average Bonchev–Trinajstić information content (AvgIpc) is 2.51. The number of H-pyrrole nitrogens is 1. The highest BCUT2D eigenvalue weighted by Gasteiger charge is 2.03. The Kier molecular flexibility index (Phi) is 3.37. The lowest BCUT2D eigenvalue weighted by atomic mass is 10.3. The molecule has 4 heteroatoms. The van der Waals surface area contributed by atoms with Crippen LogP contribution < -0.4 is 5.32 Å². The van der Waals surface area contributed by atoms with Crippen molar-refractivity contribution in [2.75, 3.05) is 0 Å². The molecule has 72 valence electrons. The number of hydrogen-bond acceptors (Lipinski definition) is 2. The second-order valence-electron chi connectivity index (χ2n) is 3.03. The summed E-state index contributed by atoms with van der Waals surface area (Å²) in [7, 11) is 0. The van der Waals surface area contributed by atoms with Crippen LogP contribution in [0.15, 0.2) is 18.5 Å². The maximum Gasteiger partial charge on any atom is 0.407 e. The van der Waals surface area contributed by atoms with E-state index in [1.165, 1.54) is 0 Å². The molecule has 13 heavy (non-hydrogen) atoms. The predicted molar refractivity (Wildman–Crippen MR) is 49.2 cm³/mol. The van der Waals surface area contributed by atoms with Crippen LogP contribution in [-0.4, -0.2) is 17.2 Å². The molecular weight excluding hydrogens is 168 g/mol. The Morgan fingerprint density at radius 1 is 1.69 bits per heavy atom. The minimum atomic E-state index is -0.379. The van der Waals surface area contributed by atoms with Crippen molar-refractivity contribution in [1.29, 1.82) is 0 Å². The summed E-state index contributed by atoms with van der Waals surface area (Å²) in [6.07, 6.45) is 3.18. The summed E-state index contributed by atoms with van der Waals surface area (Å²) in [5, 5.41) is 2.64. The molecule has 0 aliphatic rings. The zero-order chi connectivity index (χ0) is 9.68. The zero-order valence-electron chi connectivity index (χ0n) is 7.83. The highest BCUT2D eigenvalue weighted by atomic mass is 16.6. The van der Waals surface area contributed by atoms with Crippen LogP contribution in [0.1, 0.15) is 19.4 Å². The van der Waals surface area contributed by atoms with Gasteiger partial charge in [-0.25, -0.2) is 4.79 Å². The maximum absolute atomic E-state index is 11.0. The lowest BCUT2D eigenvalue weighted by Crippen LogP contribution is -2.26. The summed E-state index contributed by atoms with van der Waals surface area (Å²) in [5.41, 5.74) is 1.03. The van der Waals surface area contributed by atoms with Crippen LogP contribution in [0, 0.1) is 0 Å². The lowest BCUT2D eigenvalue weighted by molar-refractivity contribution is 0.115. The smallest absolute Gasteiger partial charge is 0.407 e. The van der Waals surface area contributed by atoms with Crippen molar-refractivity contribution in [1.82, 2.24) is 10.3 Å². The van der Waals surface area contributed by atoms with Crippen molar-refractivity contribution in [3.05, 3.63) is 24.0 Å². The first-order valence-electron chi connectivity index (χ1n) is 4.24. The fraction of sp³-hybridized carbons (Fsp3) is 0.444. The molecule has 4 nitrogen and oxygen atoms in total. The van der Waals surface area contributed by atoms with Gasteiger partial charge in [0.1, 0.15) is 0 Å². The number of carbonyl (C=O) groups excluding carboxylic acids is 1. The van der Waals surface area contributed by atoms with Crippen molar-refractivity contribution < 1.29 is 9.53 Å². The van der Waals surface area contributed by atoms with Gasteiger partial charge in [0.05, 0.1) is 6.10 Å². The molecule has 1 heterocycles. The first kappa shape index (κ1) is 9.64. The molecule has 0 radical (unpaired) electrons. The molecule has 0 spiro atoms. The Morgan fingerprint density at radius 3 is 3.00 bits per heavy atom. The topological polar surface area (TPSA) is 54.1 Å². The molecule has 0 bridgehead atoms.